The molecule has 0 aromatic heterocycles. The van der Waals surface area contributed by atoms with Crippen LogP contribution < -0.4 is 5.32 Å². The predicted molar refractivity (Wildman–Crippen MR) is 79.0 cm³/mol. The molecule has 102 valence electrons. The Kier molecular flexibility index (Phi) is 4.05. The average molecular weight is 268 g/mol. The molecular formula is C17H17FN2. The number of halogens is 1. The van der Waals surface area contributed by atoms with Crippen molar-refractivity contribution in [2.45, 2.75) is 26.8 Å². The summed E-state index contributed by atoms with van der Waals surface area (Å²) in [5, 5.41) is 12.5. The molecule has 0 amide bonds. The van der Waals surface area contributed by atoms with E-state index in [9.17, 15) is 9.65 Å². The molecule has 0 aliphatic heterocycles. The molecule has 2 aromatic rings. The Balaban J connectivity index is 2.31. The third kappa shape index (κ3) is 3.16. The van der Waals surface area contributed by atoms with Gasteiger partial charge in [-0.25, -0.2) is 4.39 Å². The van der Waals surface area contributed by atoms with Gasteiger partial charge in [-0.3, -0.25) is 0 Å². The lowest BCUT2D eigenvalue weighted by Crippen LogP contribution is -2.10. The number of nitrogens with one attached hydrogen (secondary N) is 1. The molecule has 0 heterocycles. The Labute approximate surface area is 118 Å². The number of hydrogen-bond acceptors (Lipinski definition) is 2. The molecule has 1 atom stereocenters. The van der Waals surface area contributed by atoms with Crippen molar-refractivity contribution in [3.63, 3.8) is 0 Å². The molecule has 0 aliphatic carbocycles. The highest BCUT2D eigenvalue weighted by Gasteiger charge is 2.13. The van der Waals surface area contributed by atoms with Crippen LogP contribution in [0.5, 0.6) is 0 Å². The van der Waals surface area contributed by atoms with Crippen LogP contribution in [0.3, 0.4) is 0 Å². The summed E-state index contributed by atoms with van der Waals surface area (Å²) in [6, 6.07) is 12.4. The van der Waals surface area contributed by atoms with Crippen molar-refractivity contribution in [2.75, 3.05) is 5.32 Å². The topological polar surface area (TPSA) is 35.8 Å². The number of hydrogen-bond donors (Lipinski definition) is 1. The minimum absolute atomic E-state index is 0.301. The van der Waals surface area contributed by atoms with Gasteiger partial charge in [0.05, 0.1) is 6.07 Å². The molecule has 0 fully saturated rings. The average Bonchev–Trinajstić information content (AvgIpc) is 2.35. The van der Waals surface area contributed by atoms with Crippen molar-refractivity contribution in [3.8, 4) is 6.07 Å². The van der Waals surface area contributed by atoms with E-state index in [1.165, 1.54) is 12.1 Å². The van der Waals surface area contributed by atoms with E-state index in [-0.39, 0.29) is 5.82 Å². The zero-order chi connectivity index (χ0) is 14.7. The van der Waals surface area contributed by atoms with E-state index in [4.69, 9.17) is 0 Å². The highest BCUT2D eigenvalue weighted by atomic mass is 19.1. The lowest BCUT2D eigenvalue weighted by atomic mass is 9.99. The Bertz CT molecular complexity index is 651. The second kappa shape index (κ2) is 5.75. The summed E-state index contributed by atoms with van der Waals surface area (Å²) in [7, 11) is 0. The largest absolute Gasteiger partial charge is 0.366 e. The number of nitrogens with zero attached hydrogens (tertiary/aromatic N) is 1. The van der Waals surface area contributed by atoms with Gasteiger partial charge >= 0.3 is 0 Å². The van der Waals surface area contributed by atoms with E-state index < -0.39 is 6.04 Å². The smallest absolute Gasteiger partial charge is 0.140 e. The van der Waals surface area contributed by atoms with E-state index in [0.717, 1.165) is 22.3 Å². The molecule has 3 heteroatoms. The summed E-state index contributed by atoms with van der Waals surface area (Å²) in [6.45, 7) is 5.82. The lowest BCUT2D eigenvalue weighted by Gasteiger charge is -2.16. The number of nitriles is 1. The van der Waals surface area contributed by atoms with Gasteiger partial charge in [-0.1, -0.05) is 23.8 Å². The number of benzene rings is 2. The van der Waals surface area contributed by atoms with Gasteiger partial charge in [0.1, 0.15) is 11.9 Å². The molecular weight excluding hydrogens is 251 g/mol. The summed E-state index contributed by atoms with van der Waals surface area (Å²) in [5.74, 6) is -0.301. The Morgan fingerprint density at radius 2 is 1.80 bits per heavy atom. The Morgan fingerprint density at radius 1 is 1.05 bits per heavy atom. The highest BCUT2D eigenvalue weighted by Crippen LogP contribution is 2.24. The SMILES string of the molecule is Cc1cc(F)cc(NC(C#N)c2ccc(C)cc2C)c1. The zero-order valence-corrected chi connectivity index (χ0v) is 11.9. The van der Waals surface area contributed by atoms with Gasteiger partial charge in [0.2, 0.25) is 0 Å². The van der Waals surface area contributed by atoms with Gasteiger partial charge in [-0.15, -0.1) is 0 Å². The van der Waals surface area contributed by atoms with Gasteiger partial charge in [0, 0.05) is 5.69 Å². The fourth-order valence-corrected chi connectivity index (χ4v) is 2.32. The van der Waals surface area contributed by atoms with Crippen molar-refractivity contribution >= 4 is 5.69 Å². The maximum Gasteiger partial charge on any atom is 0.140 e. The maximum atomic E-state index is 13.4. The van der Waals surface area contributed by atoms with Crippen molar-refractivity contribution in [2.24, 2.45) is 0 Å². The van der Waals surface area contributed by atoms with Gasteiger partial charge in [0.15, 0.2) is 0 Å². The summed E-state index contributed by atoms with van der Waals surface area (Å²) in [5.41, 5.74) is 4.57. The van der Waals surface area contributed by atoms with Crippen LogP contribution in [0.25, 0.3) is 0 Å². The van der Waals surface area contributed by atoms with Crippen LogP contribution in [0.15, 0.2) is 36.4 Å². The minimum atomic E-state index is -0.489. The first-order valence-corrected chi connectivity index (χ1v) is 6.50. The first kappa shape index (κ1) is 14.1. The quantitative estimate of drug-likeness (QED) is 0.894. The molecule has 20 heavy (non-hydrogen) atoms. The summed E-state index contributed by atoms with van der Waals surface area (Å²) in [4.78, 5) is 0. The zero-order valence-electron chi connectivity index (χ0n) is 11.9. The van der Waals surface area contributed by atoms with E-state index in [2.05, 4.69) is 11.4 Å². The number of aryl methyl sites for hydroxylation is 3. The monoisotopic (exact) mass is 268 g/mol. The molecule has 0 saturated heterocycles. The normalized spacial score (nSPS) is 11.8. The van der Waals surface area contributed by atoms with Crippen LogP contribution in [0.2, 0.25) is 0 Å². The first-order valence-electron chi connectivity index (χ1n) is 6.50. The van der Waals surface area contributed by atoms with Crippen LogP contribution in [0.4, 0.5) is 10.1 Å². The highest BCUT2D eigenvalue weighted by molar-refractivity contribution is 5.51. The van der Waals surface area contributed by atoms with E-state index in [1.54, 1.807) is 0 Å². The second-order valence-corrected chi connectivity index (χ2v) is 5.08. The van der Waals surface area contributed by atoms with Crippen molar-refractivity contribution in [3.05, 3.63) is 64.5 Å². The molecule has 2 aromatic carbocycles. The third-order valence-electron chi connectivity index (χ3n) is 3.22. The van der Waals surface area contributed by atoms with Crippen LogP contribution in [0, 0.1) is 37.9 Å². The fraction of sp³-hybridized carbons (Fsp3) is 0.235. The van der Waals surface area contributed by atoms with Gasteiger partial charge in [0.25, 0.3) is 0 Å². The van der Waals surface area contributed by atoms with Crippen molar-refractivity contribution in [1.29, 1.82) is 5.26 Å². The Morgan fingerprint density at radius 3 is 2.40 bits per heavy atom. The number of anilines is 1. The summed E-state index contributed by atoms with van der Waals surface area (Å²) < 4.78 is 13.4. The maximum absolute atomic E-state index is 13.4. The standard InChI is InChI=1S/C17H17FN2/c1-11-4-5-16(13(3)6-11)17(10-19)20-15-8-12(2)7-14(18)9-15/h4-9,17,20H,1-3H3. The number of rotatable bonds is 3. The molecule has 2 nitrogen and oxygen atoms in total. The predicted octanol–water partition coefficient (Wildman–Crippen LogP) is 4.43. The Hall–Kier alpha value is -2.34. The summed E-state index contributed by atoms with van der Waals surface area (Å²) in [6.07, 6.45) is 0. The molecule has 0 spiro atoms. The molecule has 0 aliphatic rings. The second-order valence-electron chi connectivity index (χ2n) is 5.08. The molecule has 0 saturated carbocycles. The van der Waals surface area contributed by atoms with Crippen LogP contribution in [0.1, 0.15) is 28.3 Å². The first-order chi connectivity index (χ1) is 9.49. The third-order valence-corrected chi connectivity index (χ3v) is 3.22. The molecule has 0 bridgehead atoms. The minimum Gasteiger partial charge on any atom is -0.366 e. The van der Waals surface area contributed by atoms with Crippen LogP contribution >= 0.6 is 0 Å². The van der Waals surface area contributed by atoms with E-state index >= 15 is 0 Å². The molecule has 1 unspecified atom stereocenters. The van der Waals surface area contributed by atoms with Gasteiger partial charge in [-0.2, -0.15) is 5.26 Å². The molecule has 0 radical (unpaired) electrons. The van der Waals surface area contributed by atoms with Gasteiger partial charge in [-0.05, 0) is 55.7 Å². The van der Waals surface area contributed by atoms with Crippen molar-refractivity contribution in [1.82, 2.24) is 0 Å². The van der Waals surface area contributed by atoms with Gasteiger partial charge < -0.3 is 5.32 Å². The van der Waals surface area contributed by atoms with Crippen LogP contribution in [-0.2, 0) is 0 Å². The van der Waals surface area contributed by atoms with Crippen LogP contribution in [-0.4, -0.2) is 0 Å². The van der Waals surface area contributed by atoms with E-state index in [1.807, 2.05) is 45.0 Å². The molecule has 2 rings (SSSR count). The summed E-state index contributed by atoms with van der Waals surface area (Å²) >= 11 is 0. The molecule has 1 N–H and O–H groups in total. The van der Waals surface area contributed by atoms with E-state index in [0.29, 0.717) is 5.69 Å². The lowest BCUT2D eigenvalue weighted by molar-refractivity contribution is 0.627. The van der Waals surface area contributed by atoms with Crippen molar-refractivity contribution < 1.29 is 4.39 Å². The fourth-order valence-electron chi connectivity index (χ4n) is 2.32.